The molecule has 4 heteroatoms. The van der Waals surface area contributed by atoms with Crippen LogP contribution in [0.25, 0.3) is 0 Å². The quantitative estimate of drug-likeness (QED) is 0.596. The second-order valence-corrected chi connectivity index (χ2v) is 9.03. The second kappa shape index (κ2) is 6.30. The van der Waals surface area contributed by atoms with Gasteiger partial charge in [-0.3, -0.25) is 0 Å². The molecule has 0 fully saturated rings. The number of rotatable bonds is 2. The van der Waals surface area contributed by atoms with Gasteiger partial charge in [-0.1, -0.05) is 58.6 Å². The molecule has 0 N–H and O–H groups in total. The molecule has 0 aromatic carbocycles. The summed E-state index contributed by atoms with van der Waals surface area (Å²) in [5.74, 6) is 0. The topological polar surface area (TPSA) is 0 Å². The molecule has 2 rings (SSSR count). The van der Waals surface area contributed by atoms with Crippen molar-refractivity contribution in [3.05, 3.63) is 42.7 Å². The Hall–Kier alpha value is 0.471. The standard InChI is InChI=1S/C16H22Cl2Si.Ti/c1-8-9(2)13(7-12(8)17)19-15-11(4)10(3)14(18)16(15,5)6;/h7,19H2,1-6H3;. The van der Waals surface area contributed by atoms with Crippen molar-refractivity contribution >= 4 is 32.7 Å². The van der Waals surface area contributed by atoms with E-state index in [2.05, 4.69) is 41.5 Å². The Morgan fingerprint density at radius 1 is 0.900 bits per heavy atom. The fourth-order valence-electron chi connectivity index (χ4n) is 3.14. The van der Waals surface area contributed by atoms with Crippen molar-refractivity contribution in [1.82, 2.24) is 0 Å². The molecular formula is C16H22Cl2SiTi. The van der Waals surface area contributed by atoms with Gasteiger partial charge in [0.1, 0.15) is 0 Å². The van der Waals surface area contributed by atoms with Gasteiger partial charge in [0.2, 0.25) is 0 Å². The van der Waals surface area contributed by atoms with Crippen LogP contribution in [0, 0.1) is 5.41 Å². The Kier molecular flexibility index (Phi) is 5.83. The molecule has 0 amide bonds. The van der Waals surface area contributed by atoms with E-state index in [0.29, 0.717) is 0 Å². The van der Waals surface area contributed by atoms with Crippen molar-refractivity contribution in [1.29, 1.82) is 0 Å². The van der Waals surface area contributed by atoms with Gasteiger partial charge >= 0.3 is 0 Å². The van der Waals surface area contributed by atoms with Gasteiger partial charge < -0.3 is 0 Å². The van der Waals surface area contributed by atoms with Crippen LogP contribution in [-0.4, -0.2) is 9.52 Å². The molecule has 0 atom stereocenters. The second-order valence-electron chi connectivity index (χ2n) is 6.28. The van der Waals surface area contributed by atoms with Crippen LogP contribution in [-0.2, 0) is 21.7 Å². The normalized spacial score (nSPS) is 22.8. The molecule has 0 saturated carbocycles. The molecule has 0 aliphatic heterocycles. The predicted molar refractivity (Wildman–Crippen MR) is 89.4 cm³/mol. The zero-order chi connectivity index (χ0) is 14.5. The third-order valence-corrected chi connectivity index (χ3v) is 9.05. The molecule has 2 aliphatic rings. The molecule has 0 bridgehead atoms. The molecule has 0 nitrogen and oxygen atoms in total. The summed E-state index contributed by atoms with van der Waals surface area (Å²) in [6.45, 7) is 13.2. The molecule has 0 heterocycles. The summed E-state index contributed by atoms with van der Waals surface area (Å²) in [5, 5.41) is 5.23. The zero-order valence-corrected chi connectivity index (χ0v) is 17.7. The van der Waals surface area contributed by atoms with Gasteiger partial charge in [-0.25, -0.2) is 0 Å². The summed E-state index contributed by atoms with van der Waals surface area (Å²) in [7, 11) is -0.455. The summed E-state index contributed by atoms with van der Waals surface area (Å²) in [6, 6.07) is 0. The van der Waals surface area contributed by atoms with E-state index in [9.17, 15) is 0 Å². The van der Waals surface area contributed by atoms with Gasteiger partial charge in [0, 0.05) is 43.6 Å². The molecular weight excluding hydrogens is 339 g/mol. The molecule has 108 valence electrons. The average Bonchev–Trinajstić information content (AvgIpc) is 2.66. The summed E-state index contributed by atoms with van der Waals surface area (Å²) in [4.78, 5) is 0. The summed E-state index contributed by atoms with van der Waals surface area (Å²) >= 11 is 12.8. The van der Waals surface area contributed by atoms with Crippen molar-refractivity contribution in [2.24, 2.45) is 5.41 Å². The monoisotopic (exact) mass is 360 g/mol. The van der Waals surface area contributed by atoms with Crippen LogP contribution < -0.4 is 0 Å². The number of hydrogen-bond acceptors (Lipinski definition) is 0. The van der Waals surface area contributed by atoms with Crippen LogP contribution in [0.5, 0.6) is 0 Å². The first-order valence-electron chi connectivity index (χ1n) is 6.79. The molecule has 0 saturated heterocycles. The van der Waals surface area contributed by atoms with Crippen LogP contribution in [0.4, 0.5) is 0 Å². The Labute approximate surface area is 150 Å². The first kappa shape index (κ1) is 18.5. The van der Waals surface area contributed by atoms with Crippen molar-refractivity contribution in [2.45, 2.75) is 48.0 Å². The van der Waals surface area contributed by atoms with Crippen LogP contribution in [0.3, 0.4) is 0 Å². The SMILES string of the molecule is CC1=C(Cl)CC([SiH2]C2=C(C)C(C)=C(Cl)C2(C)C)=C1C.[Ti]. The minimum atomic E-state index is -0.455. The van der Waals surface area contributed by atoms with Crippen molar-refractivity contribution < 1.29 is 21.7 Å². The molecule has 0 unspecified atom stereocenters. The van der Waals surface area contributed by atoms with E-state index in [1.165, 1.54) is 22.3 Å². The fraction of sp³-hybridized carbons (Fsp3) is 0.500. The van der Waals surface area contributed by atoms with Crippen molar-refractivity contribution in [3.63, 3.8) is 0 Å². The van der Waals surface area contributed by atoms with Crippen LogP contribution >= 0.6 is 23.2 Å². The summed E-state index contributed by atoms with van der Waals surface area (Å²) in [5.41, 5.74) is 5.43. The van der Waals surface area contributed by atoms with Crippen molar-refractivity contribution in [3.8, 4) is 0 Å². The van der Waals surface area contributed by atoms with E-state index < -0.39 is 9.52 Å². The van der Waals surface area contributed by atoms with Crippen molar-refractivity contribution in [2.75, 3.05) is 0 Å². The van der Waals surface area contributed by atoms with E-state index >= 15 is 0 Å². The number of allylic oxidation sites excluding steroid dienone is 8. The smallest absolute Gasteiger partial charge is 0.0797 e. The third kappa shape index (κ3) is 2.85. The Morgan fingerprint density at radius 2 is 1.45 bits per heavy atom. The van der Waals surface area contributed by atoms with Gasteiger partial charge in [0.15, 0.2) is 0 Å². The van der Waals surface area contributed by atoms with Gasteiger partial charge in [0.05, 0.1) is 9.52 Å². The molecule has 2 aliphatic carbocycles. The first-order chi connectivity index (χ1) is 8.67. The molecule has 0 spiro atoms. The Balaban J connectivity index is 0.00000200. The third-order valence-electron chi connectivity index (χ3n) is 4.91. The van der Waals surface area contributed by atoms with E-state index in [0.717, 1.165) is 16.5 Å². The van der Waals surface area contributed by atoms with Crippen LogP contribution in [0.2, 0.25) is 0 Å². The predicted octanol–water partition coefficient (Wildman–Crippen LogP) is 5.17. The van der Waals surface area contributed by atoms with E-state index in [1.54, 1.807) is 10.4 Å². The number of halogens is 2. The Morgan fingerprint density at radius 3 is 1.80 bits per heavy atom. The van der Waals surface area contributed by atoms with Gasteiger partial charge in [0.25, 0.3) is 0 Å². The minimum Gasteiger partial charge on any atom is -0.0885 e. The van der Waals surface area contributed by atoms with E-state index in [-0.39, 0.29) is 27.1 Å². The van der Waals surface area contributed by atoms with Gasteiger partial charge in [-0.05, 0) is 38.8 Å². The molecule has 0 aromatic heterocycles. The fourth-order valence-corrected chi connectivity index (χ4v) is 6.45. The van der Waals surface area contributed by atoms with Gasteiger partial charge in [-0.2, -0.15) is 0 Å². The molecule has 0 aromatic rings. The average molecular weight is 361 g/mol. The first-order valence-corrected chi connectivity index (χ1v) is 8.96. The maximum atomic E-state index is 6.53. The zero-order valence-electron chi connectivity index (χ0n) is 13.2. The van der Waals surface area contributed by atoms with Crippen LogP contribution in [0.1, 0.15) is 48.0 Å². The minimum absolute atomic E-state index is 0. The Bertz CT molecular complexity index is 577. The van der Waals surface area contributed by atoms with Gasteiger partial charge in [-0.15, -0.1) is 0 Å². The molecule has 20 heavy (non-hydrogen) atoms. The largest absolute Gasteiger partial charge is 0.0885 e. The maximum Gasteiger partial charge on any atom is 0.0797 e. The van der Waals surface area contributed by atoms with E-state index in [1.807, 2.05) is 0 Å². The van der Waals surface area contributed by atoms with E-state index in [4.69, 9.17) is 23.2 Å². The summed E-state index contributed by atoms with van der Waals surface area (Å²) in [6.07, 6.45) is 0.967. The maximum absolute atomic E-state index is 6.53. The summed E-state index contributed by atoms with van der Waals surface area (Å²) < 4.78 is 0. The number of hydrogen-bond donors (Lipinski definition) is 0. The molecule has 0 radical (unpaired) electrons. The van der Waals surface area contributed by atoms with Crippen LogP contribution in [0.15, 0.2) is 42.7 Å².